The average molecular weight is 269 g/mol. The van der Waals surface area contributed by atoms with Crippen molar-refractivity contribution in [1.82, 2.24) is 10.3 Å². The van der Waals surface area contributed by atoms with E-state index in [9.17, 15) is 0 Å². The van der Waals surface area contributed by atoms with Crippen molar-refractivity contribution >= 4 is 16.5 Å². The van der Waals surface area contributed by atoms with Crippen LogP contribution in [0.1, 0.15) is 51.1 Å². The summed E-state index contributed by atoms with van der Waals surface area (Å²) in [7, 11) is 2.14. The van der Waals surface area contributed by atoms with Gasteiger partial charge in [0.2, 0.25) is 0 Å². The molecule has 0 unspecified atom stereocenters. The van der Waals surface area contributed by atoms with Gasteiger partial charge in [-0.2, -0.15) is 0 Å². The Morgan fingerprint density at radius 2 is 2.00 bits per heavy atom. The first-order valence-electron chi connectivity index (χ1n) is 7.01. The lowest BCUT2D eigenvalue weighted by Crippen LogP contribution is -2.21. The topological polar surface area (TPSA) is 28.2 Å². The number of thiazole rings is 1. The number of nitrogens with zero attached hydrogens (tertiary/aromatic N) is 2. The van der Waals surface area contributed by atoms with Crippen molar-refractivity contribution < 1.29 is 0 Å². The van der Waals surface area contributed by atoms with Crippen LogP contribution in [0.5, 0.6) is 0 Å². The minimum atomic E-state index is 0.526. The lowest BCUT2D eigenvalue weighted by molar-refractivity contribution is 0.589. The van der Waals surface area contributed by atoms with E-state index in [0.717, 1.165) is 25.9 Å². The van der Waals surface area contributed by atoms with Crippen molar-refractivity contribution in [3.05, 3.63) is 10.6 Å². The monoisotopic (exact) mass is 269 g/mol. The van der Waals surface area contributed by atoms with Crippen LogP contribution in [0, 0.1) is 0 Å². The highest BCUT2D eigenvalue weighted by Crippen LogP contribution is 2.26. The number of anilines is 1. The Hall–Kier alpha value is -0.610. The van der Waals surface area contributed by atoms with Crippen LogP contribution in [0.2, 0.25) is 0 Å². The molecule has 104 valence electrons. The summed E-state index contributed by atoms with van der Waals surface area (Å²) in [5.41, 5.74) is 1.29. The summed E-state index contributed by atoms with van der Waals surface area (Å²) < 4.78 is 0. The van der Waals surface area contributed by atoms with E-state index in [2.05, 4.69) is 45.0 Å². The molecule has 1 rings (SSSR count). The third-order valence-corrected chi connectivity index (χ3v) is 4.02. The van der Waals surface area contributed by atoms with E-state index in [4.69, 9.17) is 4.98 Å². The summed E-state index contributed by atoms with van der Waals surface area (Å²) in [6.07, 6.45) is 3.42. The third kappa shape index (κ3) is 4.58. The van der Waals surface area contributed by atoms with Crippen LogP contribution in [-0.2, 0) is 13.0 Å². The third-order valence-electron chi connectivity index (χ3n) is 2.81. The van der Waals surface area contributed by atoms with Gasteiger partial charge in [-0.3, -0.25) is 0 Å². The van der Waals surface area contributed by atoms with Gasteiger partial charge in [-0.25, -0.2) is 4.98 Å². The van der Waals surface area contributed by atoms with Gasteiger partial charge in [0.05, 0.1) is 5.69 Å². The molecule has 0 aromatic carbocycles. The largest absolute Gasteiger partial charge is 0.351 e. The molecule has 0 aliphatic carbocycles. The molecule has 1 aromatic heterocycles. The molecule has 4 heteroatoms. The maximum absolute atomic E-state index is 4.80. The van der Waals surface area contributed by atoms with Crippen LogP contribution in [0.25, 0.3) is 0 Å². The van der Waals surface area contributed by atoms with E-state index < -0.39 is 0 Å². The summed E-state index contributed by atoms with van der Waals surface area (Å²) in [5.74, 6) is 0. The Labute approximate surface area is 116 Å². The normalized spacial score (nSPS) is 11.2. The Kier molecular flexibility index (Phi) is 6.65. The highest BCUT2D eigenvalue weighted by molar-refractivity contribution is 7.15. The van der Waals surface area contributed by atoms with Gasteiger partial charge in [0.25, 0.3) is 0 Å². The molecule has 1 heterocycles. The van der Waals surface area contributed by atoms with Crippen LogP contribution in [0.15, 0.2) is 0 Å². The number of hydrogen-bond donors (Lipinski definition) is 1. The fourth-order valence-corrected chi connectivity index (χ4v) is 2.88. The standard InChI is InChI=1S/C14H27N3S/c1-6-8-12-13(10-15-11(3)4)18-14(16-12)17(5)9-7-2/h11,15H,6-10H2,1-5H3. The molecule has 0 spiro atoms. The molecule has 1 N–H and O–H groups in total. The fourth-order valence-electron chi connectivity index (χ4n) is 1.83. The highest BCUT2D eigenvalue weighted by Gasteiger charge is 2.13. The van der Waals surface area contributed by atoms with Crippen molar-refractivity contribution in [1.29, 1.82) is 0 Å². The minimum Gasteiger partial charge on any atom is -0.351 e. The van der Waals surface area contributed by atoms with Crippen molar-refractivity contribution in [2.75, 3.05) is 18.5 Å². The summed E-state index contributed by atoms with van der Waals surface area (Å²) in [6, 6.07) is 0.526. The van der Waals surface area contributed by atoms with Gasteiger partial charge in [-0.1, -0.05) is 34.1 Å². The quantitative estimate of drug-likeness (QED) is 0.783. The zero-order valence-corrected chi connectivity index (χ0v) is 13.2. The van der Waals surface area contributed by atoms with Crippen LogP contribution < -0.4 is 10.2 Å². The van der Waals surface area contributed by atoms with E-state index in [0.29, 0.717) is 6.04 Å². The molecule has 0 bridgehead atoms. The molecule has 0 radical (unpaired) electrons. The number of nitrogens with one attached hydrogen (secondary N) is 1. The summed E-state index contributed by atoms with van der Waals surface area (Å²) in [6.45, 7) is 10.8. The van der Waals surface area contributed by atoms with Gasteiger partial charge in [0.15, 0.2) is 5.13 Å². The highest BCUT2D eigenvalue weighted by atomic mass is 32.1. The first kappa shape index (κ1) is 15.4. The van der Waals surface area contributed by atoms with Gasteiger partial charge < -0.3 is 10.2 Å². The molecule has 0 saturated heterocycles. The molecule has 0 amide bonds. The number of hydrogen-bond acceptors (Lipinski definition) is 4. The predicted molar refractivity (Wildman–Crippen MR) is 81.6 cm³/mol. The maximum Gasteiger partial charge on any atom is 0.185 e. The Bertz CT molecular complexity index is 347. The zero-order valence-electron chi connectivity index (χ0n) is 12.4. The van der Waals surface area contributed by atoms with Crippen molar-refractivity contribution in [2.24, 2.45) is 0 Å². The van der Waals surface area contributed by atoms with Gasteiger partial charge in [0, 0.05) is 31.1 Å². The molecule has 1 aromatic rings. The van der Waals surface area contributed by atoms with Gasteiger partial charge in [0.1, 0.15) is 0 Å². The molecule has 0 fully saturated rings. The predicted octanol–water partition coefficient (Wildman–Crippen LogP) is 3.44. The molecule has 0 aliphatic rings. The van der Waals surface area contributed by atoms with E-state index in [1.165, 1.54) is 22.1 Å². The molecular weight excluding hydrogens is 242 g/mol. The van der Waals surface area contributed by atoms with Crippen LogP contribution >= 0.6 is 11.3 Å². The van der Waals surface area contributed by atoms with Gasteiger partial charge in [-0.05, 0) is 12.8 Å². The number of rotatable bonds is 8. The molecule has 0 aliphatic heterocycles. The van der Waals surface area contributed by atoms with Crippen LogP contribution in [0.3, 0.4) is 0 Å². The summed E-state index contributed by atoms with van der Waals surface area (Å²) in [4.78, 5) is 8.47. The van der Waals surface area contributed by atoms with Crippen molar-refractivity contribution in [3.63, 3.8) is 0 Å². The van der Waals surface area contributed by atoms with Crippen LogP contribution in [-0.4, -0.2) is 24.6 Å². The van der Waals surface area contributed by atoms with Crippen LogP contribution in [0.4, 0.5) is 5.13 Å². The van der Waals surface area contributed by atoms with Gasteiger partial charge in [-0.15, -0.1) is 11.3 Å². The lowest BCUT2D eigenvalue weighted by Gasteiger charge is -2.13. The lowest BCUT2D eigenvalue weighted by atomic mass is 10.2. The zero-order chi connectivity index (χ0) is 13.5. The first-order chi connectivity index (χ1) is 8.58. The molecule has 0 atom stereocenters. The van der Waals surface area contributed by atoms with E-state index in [-0.39, 0.29) is 0 Å². The first-order valence-corrected chi connectivity index (χ1v) is 7.83. The van der Waals surface area contributed by atoms with Gasteiger partial charge >= 0.3 is 0 Å². The van der Waals surface area contributed by atoms with E-state index in [1.54, 1.807) is 0 Å². The Morgan fingerprint density at radius 1 is 1.28 bits per heavy atom. The molecular formula is C14H27N3S. The number of aryl methyl sites for hydroxylation is 1. The second kappa shape index (κ2) is 7.74. The minimum absolute atomic E-state index is 0.526. The number of aromatic nitrogens is 1. The summed E-state index contributed by atoms with van der Waals surface area (Å²) >= 11 is 1.84. The summed E-state index contributed by atoms with van der Waals surface area (Å²) in [5, 5.41) is 4.66. The van der Waals surface area contributed by atoms with Crippen molar-refractivity contribution in [2.45, 2.75) is 59.5 Å². The SMILES string of the molecule is CCCc1nc(N(C)CCC)sc1CNC(C)C. The van der Waals surface area contributed by atoms with Crippen molar-refractivity contribution in [3.8, 4) is 0 Å². The smallest absolute Gasteiger partial charge is 0.185 e. The second-order valence-electron chi connectivity index (χ2n) is 5.07. The second-order valence-corrected chi connectivity index (χ2v) is 6.14. The maximum atomic E-state index is 4.80. The molecule has 18 heavy (non-hydrogen) atoms. The van der Waals surface area contributed by atoms with E-state index >= 15 is 0 Å². The Morgan fingerprint density at radius 3 is 2.56 bits per heavy atom. The Balaban J connectivity index is 2.79. The average Bonchev–Trinajstić information content (AvgIpc) is 2.71. The molecule has 0 saturated carbocycles. The van der Waals surface area contributed by atoms with E-state index in [1.807, 2.05) is 11.3 Å². The molecule has 3 nitrogen and oxygen atoms in total. The fraction of sp³-hybridized carbons (Fsp3) is 0.786.